The molecule has 0 aliphatic heterocycles. The lowest BCUT2D eigenvalue weighted by Crippen LogP contribution is -2.57. The molecule has 3 rings (SSSR count). The number of carbonyl (C=O) groups excluding carboxylic acids is 3. The molecule has 0 aliphatic carbocycles. The Balaban J connectivity index is 1.64. The highest BCUT2D eigenvalue weighted by molar-refractivity contribution is 5.94. The summed E-state index contributed by atoms with van der Waals surface area (Å²) < 4.78 is 0. The van der Waals surface area contributed by atoms with Crippen molar-refractivity contribution in [2.75, 3.05) is 0 Å². The molecule has 5 unspecified atom stereocenters. The molecule has 12 heteroatoms. The molecule has 38 heavy (non-hydrogen) atoms. The Kier molecular flexibility index (Phi) is 9.61. The van der Waals surface area contributed by atoms with Gasteiger partial charge in [0.2, 0.25) is 17.7 Å². The van der Waals surface area contributed by atoms with Crippen molar-refractivity contribution in [1.82, 2.24) is 30.9 Å². The standard InChI is InChI=1S/C26H35N7O5/c1-4-14(2)22(26(37)38)33-25(36)21(10-17-12-28-13-30-17)32-23(34)15(3)31-24(35)19(27)9-16-11-29-20-8-6-5-7-18(16)20/h5-8,11-15,19,21-22,29H,4,9-10,27H2,1-3H3,(H,28,30)(H,31,35)(H,32,34)(H,33,36)(H,37,38). The zero-order valence-electron chi connectivity index (χ0n) is 21.7. The second-order valence-corrected chi connectivity index (χ2v) is 9.45. The van der Waals surface area contributed by atoms with Gasteiger partial charge in [-0.1, -0.05) is 38.5 Å². The summed E-state index contributed by atoms with van der Waals surface area (Å²) in [5, 5.41) is 18.3. The Bertz CT molecular complexity index is 1260. The molecule has 0 saturated carbocycles. The molecule has 0 saturated heterocycles. The number of hydrogen-bond donors (Lipinski definition) is 7. The molecule has 3 amide bonds. The number of rotatable bonds is 13. The van der Waals surface area contributed by atoms with Gasteiger partial charge < -0.3 is 36.8 Å². The molecule has 0 fully saturated rings. The molecule has 5 atom stereocenters. The van der Waals surface area contributed by atoms with Gasteiger partial charge in [0.25, 0.3) is 0 Å². The van der Waals surface area contributed by atoms with Gasteiger partial charge in [0.1, 0.15) is 18.1 Å². The minimum absolute atomic E-state index is 0.0468. The van der Waals surface area contributed by atoms with Gasteiger partial charge >= 0.3 is 5.97 Å². The number of hydrogen-bond acceptors (Lipinski definition) is 6. The van der Waals surface area contributed by atoms with Gasteiger partial charge in [-0.25, -0.2) is 9.78 Å². The number of amides is 3. The van der Waals surface area contributed by atoms with Crippen LogP contribution >= 0.6 is 0 Å². The Labute approximate surface area is 220 Å². The number of nitrogens with two attached hydrogens (primary N) is 1. The molecule has 0 bridgehead atoms. The monoisotopic (exact) mass is 525 g/mol. The quantitative estimate of drug-likeness (QED) is 0.170. The van der Waals surface area contributed by atoms with Crippen LogP contribution in [0.2, 0.25) is 0 Å². The molecular formula is C26H35N7O5. The first-order valence-corrected chi connectivity index (χ1v) is 12.5. The SMILES string of the molecule is CCC(C)C(NC(=O)C(Cc1cnc[nH]1)NC(=O)C(C)NC(=O)C(N)Cc1c[nH]c2ccccc12)C(=O)O. The third kappa shape index (κ3) is 7.19. The third-order valence-electron chi connectivity index (χ3n) is 6.59. The number of benzene rings is 1. The lowest BCUT2D eigenvalue weighted by molar-refractivity contribution is -0.143. The normalized spacial score (nSPS) is 15.2. The number of aromatic amines is 2. The molecule has 204 valence electrons. The highest BCUT2D eigenvalue weighted by Crippen LogP contribution is 2.18. The number of carboxylic acids is 1. The summed E-state index contributed by atoms with van der Waals surface area (Å²) in [5.74, 6) is -3.28. The Hall–Kier alpha value is -4.19. The summed E-state index contributed by atoms with van der Waals surface area (Å²) in [6.07, 6.45) is 5.59. The second kappa shape index (κ2) is 12.9. The Morgan fingerprint density at radius 2 is 1.74 bits per heavy atom. The van der Waals surface area contributed by atoms with Crippen LogP contribution in [0.15, 0.2) is 43.0 Å². The fourth-order valence-electron chi connectivity index (χ4n) is 4.08. The minimum atomic E-state index is -1.16. The van der Waals surface area contributed by atoms with Crippen LogP contribution in [0.3, 0.4) is 0 Å². The number of H-pyrrole nitrogens is 2. The molecule has 8 N–H and O–H groups in total. The number of aliphatic carboxylic acids is 1. The van der Waals surface area contributed by atoms with Gasteiger partial charge in [0.15, 0.2) is 0 Å². The fourth-order valence-corrected chi connectivity index (χ4v) is 4.08. The van der Waals surface area contributed by atoms with Crippen molar-refractivity contribution in [2.45, 2.75) is 64.2 Å². The van der Waals surface area contributed by atoms with Gasteiger partial charge in [-0.15, -0.1) is 0 Å². The van der Waals surface area contributed by atoms with E-state index in [1.165, 1.54) is 19.4 Å². The summed E-state index contributed by atoms with van der Waals surface area (Å²) in [6.45, 7) is 5.03. The number of carbonyl (C=O) groups is 4. The predicted octanol–water partition coefficient (Wildman–Crippen LogP) is 0.609. The summed E-state index contributed by atoms with van der Waals surface area (Å²) >= 11 is 0. The average Bonchev–Trinajstić information content (AvgIpc) is 3.56. The van der Waals surface area contributed by atoms with E-state index < -0.39 is 47.9 Å². The Morgan fingerprint density at radius 1 is 1.00 bits per heavy atom. The van der Waals surface area contributed by atoms with E-state index in [0.29, 0.717) is 12.1 Å². The largest absolute Gasteiger partial charge is 0.480 e. The van der Waals surface area contributed by atoms with E-state index in [4.69, 9.17) is 5.73 Å². The van der Waals surface area contributed by atoms with Crippen molar-refractivity contribution >= 4 is 34.6 Å². The van der Waals surface area contributed by atoms with Crippen molar-refractivity contribution in [3.05, 3.63) is 54.2 Å². The van der Waals surface area contributed by atoms with Crippen LogP contribution in [0.25, 0.3) is 10.9 Å². The minimum Gasteiger partial charge on any atom is -0.480 e. The van der Waals surface area contributed by atoms with Crippen LogP contribution in [0, 0.1) is 5.92 Å². The molecule has 3 aromatic rings. The van der Waals surface area contributed by atoms with E-state index >= 15 is 0 Å². The zero-order valence-corrected chi connectivity index (χ0v) is 21.7. The van der Waals surface area contributed by atoms with Crippen molar-refractivity contribution in [1.29, 1.82) is 0 Å². The molecule has 2 heterocycles. The van der Waals surface area contributed by atoms with Gasteiger partial charge in [0, 0.05) is 35.4 Å². The van der Waals surface area contributed by atoms with E-state index in [0.717, 1.165) is 16.5 Å². The highest BCUT2D eigenvalue weighted by atomic mass is 16.4. The topological polar surface area (TPSA) is 195 Å². The van der Waals surface area contributed by atoms with Crippen molar-refractivity contribution in [2.24, 2.45) is 11.7 Å². The maximum Gasteiger partial charge on any atom is 0.326 e. The van der Waals surface area contributed by atoms with Crippen LogP contribution in [0.5, 0.6) is 0 Å². The number of nitrogens with one attached hydrogen (secondary N) is 5. The number of carboxylic acid groups (broad SMARTS) is 1. The van der Waals surface area contributed by atoms with Crippen LogP contribution in [0.4, 0.5) is 0 Å². The summed E-state index contributed by atoms with van der Waals surface area (Å²) in [6, 6.07) is 3.54. The van der Waals surface area contributed by atoms with Gasteiger partial charge in [-0.2, -0.15) is 0 Å². The maximum atomic E-state index is 13.0. The summed E-state index contributed by atoms with van der Waals surface area (Å²) in [7, 11) is 0. The predicted molar refractivity (Wildman–Crippen MR) is 141 cm³/mol. The highest BCUT2D eigenvalue weighted by Gasteiger charge is 2.31. The summed E-state index contributed by atoms with van der Waals surface area (Å²) in [4.78, 5) is 60.4. The lowest BCUT2D eigenvalue weighted by Gasteiger charge is -2.25. The summed E-state index contributed by atoms with van der Waals surface area (Å²) in [5.41, 5.74) is 8.51. The van der Waals surface area contributed by atoms with Crippen molar-refractivity contribution < 1.29 is 24.3 Å². The van der Waals surface area contributed by atoms with E-state index in [9.17, 15) is 24.3 Å². The maximum absolute atomic E-state index is 13.0. The number of para-hydroxylation sites is 1. The fraction of sp³-hybridized carbons (Fsp3) is 0.423. The van der Waals surface area contributed by atoms with Gasteiger partial charge in [-0.3, -0.25) is 14.4 Å². The molecule has 1 aromatic carbocycles. The zero-order chi connectivity index (χ0) is 27.8. The first-order valence-electron chi connectivity index (χ1n) is 12.5. The van der Waals surface area contributed by atoms with E-state index in [2.05, 4.69) is 30.9 Å². The molecule has 0 spiro atoms. The molecule has 0 radical (unpaired) electrons. The van der Waals surface area contributed by atoms with Crippen molar-refractivity contribution in [3.63, 3.8) is 0 Å². The molecular weight excluding hydrogens is 490 g/mol. The first kappa shape index (κ1) is 28.4. The van der Waals surface area contributed by atoms with E-state index in [-0.39, 0.29) is 18.8 Å². The van der Waals surface area contributed by atoms with Crippen LogP contribution in [-0.2, 0) is 32.0 Å². The number of nitrogens with zero attached hydrogens (tertiary/aromatic N) is 1. The van der Waals surface area contributed by atoms with Crippen LogP contribution in [-0.4, -0.2) is 67.9 Å². The number of fused-ring (bicyclic) bond motifs is 1. The van der Waals surface area contributed by atoms with Gasteiger partial charge in [0.05, 0.1) is 12.4 Å². The average molecular weight is 526 g/mol. The molecule has 2 aromatic heterocycles. The molecule has 12 nitrogen and oxygen atoms in total. The lowest BCUT2D eigenvalue weighted by atomic mass is 9.98. The third-order valence-corrected chi connectivity index (χ3v) is 6.59. The van der Waals surface area contributed by atoms with Crippen LogP contribution in [0.1, 0.15) is 38.4 Å². The van der Waals surface area contributed by atoms with Crippen LogP contribution < -0.4 is 21.7 Å². The first-order chi connectivity index (χ1) is 18.1. The van der Waals surface area contributed by atoms with Crippen molar-refractivity contribution in [3.8, 4) is 0 Å². The number of imidazole rings is 1. The smallest absolute Gasteiger partial charge is 0.326 e. The number of aromatic nitrogens is 3. The molecule has 0 aliphatic rings. The van der Waals surface area contributed by atoms with E-state index in [1.807, 2.05) is 31.2 Å². The van der Waals surface area contributed by atoms with E-state index in [1.54, 1.807) is 13.1 Å². The second-order valence-electron chi connectivity index (χ2n) is 9.45. The Morgan fingerprint density at radius 3 is 2.39 bits per heavy atom. The van der Waals surface area contributed by atoms with Gasteiger partial charge in [-0.05, 0) is 30.9 Å².